The molecule has 0 aliphatic heterocycles. The molecule has 3 nitrogen and oxygen atoms in total. The van der Waals surface area contributed by atoms with Crippen LogP contribution in [0.1, 0.15) is 39.5 Å². The predicted molar refractivity (Wildman–Crippen MR) is 61.3 cm³/mol. The zero-order valence-electron chi connectivity index (χ0n) is 9.49. The van der Waals surface area contributed by atoms with Gasteiger partial charge in [0.1, 0.15) is 0 Å². The molecule has 1 aliphatic carbocycles. The van der Waals surface area contributed by atoms with Crippen molar-refractivity contribution in [3.63, 3.8) is 0 Å². The van der Waals surface area contributed by atoms with Gasteiger partial charge in [-0.3, -0.25) is 9.00 Å². The normalized spacial score (nSPS) is 20.4. The summed E-state index contributed by atoms with van der Waals surface area (Å²) in [6.07, 6.45) is 4.81. The highest BCUT2D eigenvalue weighted by Gasteiger charge is 2.30. The summed E-state index contributed by atoms with van der Waals surface area (Å²) in [5.74, 6) is 0.674. The van der Waals surface area contributed by atoms with Gasteiger partial charge < -0.3 is 5.11 Å². The zero-order valence-corrected chi connectivity index (χ0v) is 10.3. The molecular weight excluding hydrogens is 212 g/mol. The average molecular weight is 232 g/mol. The smallest absolute Gasteiger partial charge is 0.310 e. The maximum atomic E-state index is 11.8. The summed E-state index contributed by atoms with van der Waals surface area (Å²) in [5.41, 5.74) is -0.858. The van der Waals surface area contributed by atoms with Crippen LogP contribution in [0.15, 0.2) is 0 Å². The number of hydrogen-bond donors (Lipinski definition) is 1. The van der Waals surface area contributed by atoms with Crippen LogP contribution in [0.3, 0.4) is 0 Å². The van der Waals surface area contributed by atoms with Gasteiger partial charge in [0, 0.05) is 22.3 Å². The van der Waals surface area contributed by atoms with E-state index >= 15 is 0 Å². The highest BCUT2D eigenvalue weighted by molar-refractivity contribution is 7.85. The van der Waals surface area contributed by atoms with Gasteiger partial charge in [-0.05, 0) is 32.6 Å². The van der Waals surface area contributed by atoms with Crippen molar-refractivity contribution < 1.29 is 14.1 Å². The van der Waals surface area contributed by atoms with Gasteiger partial charge in [-0.1, -0.05) is 12.8 Å². The predicted octanol–water partition coefficient (Wildman–Crippen LogP) is 2.04. The molecule has 1 rings (SSSR count). The molecule has 0 aromatic carbocycles. The number of hydrogen-bond acceptors (Lipinski definition) is 2. The summed E-state index contributed by atoms with van der Waals surface area (Å²) in [5, 5.41) is 8.92. The van der Waals surface area contributed by atoms with E-state index in [1.165, 1.54) is 25.7 Å². The van der Waals surface area contributed by atoms with E-state index in [0.717, 1.165) is 0 Å². The maximum absolute atomic E-state index is 11.8. The van der Waals surface area contributed by atoms with E-state index in [2.05, 4.69) is 0 Å². The van der Waals surface area contributed by atoms with E-state index < -0.39 is 22.2 Å². The molecule has 0 bridgehead atoms. The van der Waals surface area contributed by atoms with Gasteiger partial charge >= 0.3 is 5.97 Å². The molecule has 0 heterocycles. The van der Waals surface area contributed by atoms with Crippen molar-refractivity contribution >= 4 is 16.8 Å². The maximum Gasteiger partial charge on any atom is 0.310 e. The molecule has 0 spiro atoms. The Morgan fingerprint density at radius 1 is 1.40 bits per heavy atom. The lowest BCUT2D eigenvalue weighted by Crippen LogP contribution is -2.31. The number of carbonyl (C=O) groups is 1. The van der Waals surface area contributed by atoms with Crippen molar-refractivity contribution in [2.75, 3.05) is 11.5 Å². The van der Waals surface area contributed by atoms with Gasteiger partial charge in [0.15, 0.2) is 0 Å². The third-order valence-electron chi connectivity index (χ3n) is 3.00. The lowest BCUT2D eigenvalue weighted by Gasteiger charge is -2.19. The van der Waals surface area contributed by atoms with Crippen molar-refractivity contribution in [3.8, 4) is 0 Å². The fourth-order valence-electron chi connectivity index (χ4n) is 1.96. The molecule has 88 valence electrons. The van der Waals surface area contributed by atoms with Crippen molar-refractivity contribution in [2.24, 2.45) is 11.3 Å². The van der Waals surface area contributed by atoms with E-state index in [4.69, 9.17) is 5.11 Å². The fraction of sp³-hybridized carbons (Fsp3) is 0.909. The van der Waals surface area contributed by atoms with Crippen molar-refractivity contribution in [3.05, 3.63) is 0 Å². The minimum atomic E-state index is -0.981. The van der Waals surface area contributed by atoms with Crippen molar-refractivity contribution in [2.45, 2.75) is 39.5 Å². The first-order valence-electron chi connectivity index (χ1n) is 5.50. The summed E-state index contributed by atoms with van der Waals surface area (Å²) >= 11 is 0. The Balaban J connectivity index is 2.38. The van der Waals surface area contributed by atoms with Crippen LogP contribution >= 0.6 is 0 Å². The van der Waals surface area contributed by atoms with E-state index in [1.54, 1.807) is 13.8 Å². The molecule has 1 atom stereocenters. The first kappa shape index (κ1) is 12.7. The first-order valence-corrected chi connectivity index (χ1v) is 6.99. The van der Waals surface area contributed by atoms with Crippen LogP contribution < -0.4 is 0 Å². The third-order valence-corrected chi connectivity index (χ3v) is 4.88. The molecule has 1 N–H and O–H groups in total. The molecule has 0 aromatic rings. The van der Waals surface area contributed by atoms with Gasteiger partial charge in [0.2, 0.25) is 0 Å². The lowest BCUT2D eigenvalue weighted by molar-refractivity contribution is -0.145. The van der Waals surface area contributed by atoms with Gasteiger partial charge in [0.25, 0.3) is 0 Å². The molecule has 0 amide bonds. The Hall–Kier alpha value is -0.380. The van der Waals surface area contributed by atoms with Crippen LogP contribution in [-0.4, -0.2) is 26.8 Å². The number of carboxylic acid groups (broad SMARTS) is 1. The Morgan fingerprint density at radius 2 is 1.93 bits per heavy atom. The van der Waals surface area contributed by atoms with E-state index in [9.17, 15) is 9.00 Å². The van der Waals surface area contributed by atoms with Crippen LogP contribution in [0.5, 0.6) is 0 Å². The molecule has 4 heteroatoms. The molecule has 1 fully saturated rings. The molecule has 15 heavy (non-hydrogen) atoms. The summed E-state index contributed by atoms with van der Waals surface area (Å²) in [6.45, 7) is 3.28. The van der Waals surface area contributed by atoms with E-state index in [-0.39, 0.29) is 5.75 Å². The summed E-state index contributed by atoms with van der Waals surface area (Å²) in [7, 11) is -0.981. The average Bonchev–Trinajstić information content (AvgIpc) is 2.54. The number of aliphatic carboxylic acids is 1. The van der Waals surface area contributed by atoms with Crippen molar-refractivity contribution in [1.82, 2.24) is 0 Å². The number of rotatable bonds is 5. The second-order valence-electron chi connectivity index (χ2n) is 5.09. The standard InChI is InChI=1S/C11H20O3S/c1-11(2,10(12)13)8-15(14)7-9-5-3-4-6-9/h9H,3-8H2,1-2H3,(H,12,13). The Labute approximate surface area is 93.7 Å². The molecule has 0 aromatic heterocycles. The molecule has 1 saturated carbocycles. The largest absolute Gasteiger partial charge is 0.481 e. The highest BCUT2D eigenvalue weighted by atomic mass is 32.2. The Morgan fingerprint density at radius 3 is 2.40 bits per heavy atom. The fourth-order valence-corrected chi connectivity index (χ4v) is 3.87. The van der Waals surface area contributed by atoms with E-state index in [1.807, 2.05) is 0 Å². The second kappa shape index (κ2) is 5.10. The quantitative estimate of drug-likeness (QED) is 0.789. The van der Waals surface area contributed by atoms with Crippen LogP contribution in [0.4, 0.5) is 0 Å². The molecule has 1 aliphatic rings. The lowest BCUT2D eigenvalue weighted by atomic mass is 9.97. The monoisotopic (exact) mass is 232 g/mol. The summed E-state index contributed by atoms with van der Waals surface area (Å²) in [4.78, 5) is 10.9. The molecule has 1 unspecified atom stereocenters. The number of carboxylic acids is 1. The first-order chi connectivity index (χ1) is 6.92. The Bertz CT molecular complexity index is 255. The zero-order chi connectivity index (χ0) is 11.5. The molecule has 0 saturated heterocycles. The van der Waals surface area contributed by atoms with Gasteiger partial charge in [-0.25, -0.2) is 0 Å². The van der Waals surface area contributed by atoms with Gasteiger partial charge in [0.05, 0.1) is 5.41 Å². The topological polar surface area (TPSA) is 54.4 Å². The van der Waals surface area contributed by atoms with Crippen LogP contribution in [0.2, 0.25) is 0 Å². The molecular formula is C11H20O3S. The summed E-state index contributed by atoms with van der Waals surface area (Å²) in [6, 6.07) is 0. The summed E-state index contributed by atoms with van der Waals surface area (Å²) < 4.78 is 11.8. The highest BCUT2D eigenvalue weighted by Crippen LogP contribution is 2.26. The SMILES string of the molecule is CC(C)(CS(=O)CC1CCCC1)C(=O)O. The van der Waals surface area contributed by atoms with Crippen molar-refractivity contribution in [1.29, 1.82) is 0 Å². The molecule has 0 radical (unpaired) electrons. The van der Waals surface area contributed by atoms with Crippen LogP contribution in [0.25, 0.3) is 0 Å². The third kappa shape index (κ3) is 3.93. The minimum absolute atomic E-state index is 0.277. The van der Waals surface area contributed by atoms with Gasteiger partial charge in [-0.15, -0.1) is 0 Å². The van der Waals surface area contributed by atoms with Crippen LogP contribution in [0, 0.1) is 11.3 Å². The Kier molecular flexibility index (Phi) is 4.32. The minimum Gasteiger partial charge on any atom is -0.481 e. The van der Waals surface area contributed by atoms with E-state index in [0.29, 0.717) is 11.7 Å². The van der Waals surface area contributed by atoms with Crippen LogP contribution in [-0.2, 0) is 15.6 Å². The van der Waals surface area contributed by atoms with Gasteiger partial charge in [-0.2, -0.15) is 0 Å². The second-order valence-corrected chi connectivity index (χ2v) is 6.59.